The first-order chi connectivity index (χ1) is 8.22. The maximum atomic E-state index is 5.78. The molecule has 0 aliphatic carbocycles. The minimum absolute atomic E-state index is 0.397. The number of ether oxygens (including phenoxy) is 1. The monoisotopic (exact) mass is 276 g/mol. The molecule has 0 spiro atoms. The highest BCUT2D eigenvalue weighted by Gasteiger charge is 2.18. The fourth-order valence-corrected chi connectivity index (χ4v) is 3.12. The van der Waals surface area contributed by atoms with Crippen LogP contribution >= 0.6 is 22.9 Å². The SMILES string of the molecule is CCC(c1nc(CCl)cs1)N(C)CCCOC. The second kappa shape index (κ2) is 8.03. The topological polar surface area (TPSA) is 25.4 Å². The van der Waals surface area contributed by atoms with Gasteiger partial charge < -0.3 is 4.74 Å². The number of rotatable bonds is 8. The predicted molar refractivity (Wildman–Crippen MR) is 73.8 cm³/mol. The van der Waals surface area contributed by atoms with E-state index in [1.165, 1.54) is 5.01 Å². The van der Waals surface area contributed by atoms with Crippen molar-refractivity contribution in [1.29, 1.82) is 0 Å². The fourth-order valence-electron chi connectivity index (χ4n) is 1.83. The largest absolute Gasteiger partial charge is 0.385 e. The Morgan fingerprint density at radius 2 is 2.35 bits per heavy atom. The van der Waals surface area contributed by atoms with Crippen molar-refractivity contribution in [2.24, 2.45) is 0 Å². The van der Waals surface area contributed by atoms with Gasteiger partial charge in [0, 0.05) is 25.6 Å². The molecule has 0 bridgehead atoms. The predicted octanol–water partition coefficient (Wildman–Crippen LogP) is 3.30. The van der Waals surface area contributed by atoms with Gasteiger partial charge in [-0.2, -0.15) is 0 Å². The molecule has 0 fully saturated rings. The van der Waals surface area contributed by atoms with Crippen molar-refractivity contribution in [3.05, 3.63) is 16.1 Å². The summed E-state index contributed by atoms with van der Waals surface area (Å²) in [5, 5.41) is 3.22. The Labute approximate surface area is 113 Å². The number of aromatic nitrogens is 1. The number of thiazole rings is 1. The van der Waals surface area contributed by atoms with Gasteiger partial charge in [0.05, 0.1) is 17.6 Å². The molecule has 3 nitrogen and oxygen atoms in total. The van der Waals surface area contributed by atoms with Gasteiger partial charge in [-0.05, 0) is 19.9 Å². The van der Waals surface area contributed by atoms with E-state index in [0.717, 1.165) is 31.7 Å². The second-order valence-corrected chi connectivity index (χ2v) is 5.22. The Morgan fingerprint density at radius 3 is 2.88 bits per heavy atom. The third kappa shape index (κ3) is 4.54. The Kier molecular flexibility index (Phi) is 7.04. The van der Waals surface area contributed by atoms with Crippen LogP contribution in [0.1, 0.15) is 36.5 Å². The van der Waals surface area contributed by atoms with Crippen molar-refractivity contribution in [1.82, 2.24) is 9.88 Å². The van der Waals surface area contributed by atoms with E-state index in [1.807, 2.05) is 5.38 Å². The highest BCUT2D eigenvalue weighted by atomic mass is 35.5. The number of hydrogen-bond acceptors (Lipinski definition) is 4. The van der Waals surface area contributed by atoms with Gasteiger partial charge in [0.1, 0.15) is 5.01 Å². The van der Waals surface area contributed by atoms with Gasteiger partial charge in [-0.25, -0.2) is 4.98 Å². The lowest BCUT2D eigenvalue weighted by Crippen LogP contribution is -2.26. The van der Waals surface area contributed by atoms with Gasteiger partial charge in [0.2, 0.25) is 0 Å². The summed E-state index contributed by atoms with van der Waals surface area (Å²) >= 11 is 7.49. The summed E-state index contributed by atoms with van der Waals surface area (Å²) in [6.45, 7) is 4.03. The summed E-state index contributed by atoms with van der Waals surface area (Å²) in [7, 11) is 3.89. The summed E-state index contributed by atoms with van der Waals surface area (Å²) < 4.78 is 5.08. The molecule has 0 saturated heterocycles. The van der Waals surface area contributed by atoms with Crippen molar-refractivity contribution in [2.75, 3.05) is 27.3 Å². The van der Waals surface area contributed by atoms with E-state index in [9.17, 15) is 0 Å². The number of nitrogens with zero attached hydrogens (tertiary/aromatic N) is 2. The van der Waals surface area contributed by atoms with E-state index in [4.69, 9.17) is 16.3 Å². The zero-order chi connectivity index (χ0) is 12.7. The maximum Gasteiger partial charge on any atom is 0.110 e. The summed E-state index contributed by atoms with van der Waals surface area (Å²) in [6, 6.07) is 0.397. The molecule has 0 aliphatic rings. The zero-order valence-corrected chi connectivity index (χ0v) is 12.4. The standard InChI is InChI=1S/C12H21ClN2OS/c1-4-11(15(2)6-5-7-16-3)12-14-10(8-13)9-17-12/h9,11H,4-8H2,1-3H3. The van der Waals surface area contributed by atoms with Crippen LogP contribution in [-0.2, 0) is 10.6 Å². The maximum absolute atomic E-state index is 5.78. The minimum Gasteiger partial charge on any atom is -0.385 e. The third-order valence-corrected chi connectivity index (χ3v) is 4.04. The molecule has 0 saturated carbocycles. The van der Waals surface area contributed by atoms with Gasteiger partial charge in [-0.3, -0.25) is 4.90 Å². The van der Waals surface area contributed by atoms with Crippen LogP contribution in [0.2, 0.25) is 0 Å². The molecule has 1 aromatic heterocycles. The first-order valence-electron chi connectivity index (χ1n) is 5.92. The van der Waals surface area contributed by atoms with Crippen LogP contribution in [-0.4, -0.2) is 37.2 Å². The van der Waals surface area contributed by atoms with Gasteiger partial charge in [-0.1, -0.05) is 6.92 Å². The third-order valence-electron chi connectivity index (χ3n) is 2.77. The van der Waals surface area contributed by atoms with Crippen LogP contribution in [0, 0.1) is 0 Å². The zero-order valence-electron chi connectivity index (χ0n) is 10.8. The molecule has 0 N–H and O–H groups in total. The van der Waals surface area contributed by atoms with Gasteiger partial charge in [-0.15, -0.1) is 22.9 Å². The van der Waals surface area contributed by atoms with Crippen LogP contribution in [0.5, 0.6) is 0 Å². The molecule has 0 aromatic carbocycles. The number of methoxy groups -OCH3 is 1. The molecule has 0 radical (unpaired) electrons. The number of alkyl halides is 1. The van der Waals surface area contributed by atoms with Crippen LogP contribution in [0.4, 0.5) is 0 Å². The lowest BCUT2D eigenvalue weighted by atomic mass is 10.2. The number of hydrogen-bond donors (Lipinski definition) is 0. The van der Waals surface area contributed by atoms with E-state index < -0.39 is 0 Å². The lowest BCUT2D eigenvalue weighted by Gasteiger charge is -2.25. The lowest BCUT2D eigenvalue weighted by molar-refractivity contribution is 0.163. The first-order valence-corrected chi connectivity index (χ1v) is 7.33. The van der Waals surface area contributed by atoms with E-state index in [-0.39, 0.29) is 0 Å². The summed E-state index contributed by atoms with van der Waals surface area (Å²) in [4.78, 5) is 6.91. The molecular formula is C12H21ClN2OS. The van der Waals surface area contributed by atoms with Crippen LogP contribution in [0.15, 0.2) is 5.38 Å². The summed E-state index contributed by atoms with van der Waals surface area (Å²) in [6.07, 6.45) is 2.12. The quantitative estimate of drug-likeness (QED) is 0.538. The van der Waals surface area contributed by atoms with E-state index >= 15 is 0 Å². The molecule has 1 unspecified atom stereocenters. The summed E-state index contributed by atoms with van der Waals surface area (Å²) in [5.74, 6) is 0.500. The van der Waals surface area contributed by atoms with Gasteiger partial charge in [0.25, 0.3) is 0 Å². The Hall–Kier alpha value is -0.160. The molecule has 0 amide bonds. The van der Waals surface area contributed by atoms with Crippen molar-refractivity contribution >= 4 is 22.9 Å². The van der Waals surface area contributed by atoms with Crippen LogP contribution in [0.25, 0.3) is 0 Å². The molecule has 5 heteroatoms. The molecule has 1 heterocycles. The van der Waals surface area contributed by atoms with Crippen LogP contribution in [0.3, 0.4) is 0 Å². The highest BCUT2D eigenvalue weighted by Crippen LogP contribution is 2.26. The minimum atomic E-state index is 0.397. The Bertz CT molecular complexity index is 319. The Morgan fingerprint density at radius 1 is 1.59 bits per heavy atom. The number of halogens is 1. The van der Waals surface area contributed by atoms with Crippen molar-refractivity contribution in [3.8, 4) is 0 Å². The molecule has 1 rings (SSSR count). The first kappa shape index (κ1) is 14.9. The molecule has 17 heavy (non-hydrogen) atoms. The van der Waals surface area contributed by atoms with Crippen LogP contribution < -0.4 is 0 Å². The molecule has 98 valence electrons. The molecule has 1 aromatic rings. The average molecular weight is 277 g/mol. The summed E-state index contributed by atoms with van der Waals surface area (Å²) in [5.41, 5.74) is 0.982. The molecular weight excluding hydrogens is 256 g/mol. The molecule has 1 atom stereocenters. The fraction of sp³-hybridized carbons (Fsp3) is 0.750. The average Bonchev–Trinajstić information content (AvgIpc) is 2.79. The molecule has 0 aliphatic heterocycles. The van der Waals surface area contributed by atoms with E-state index in [0.29, 0.717) is 11.9 Å². The van der Waals surface area contributed by atoms with Gasteiger partial charge in [0.15, 0.2) is 0 Å². The Balaban J connectivity index is 2.56. The van der Waals surface area contributed by atoms with E-state index in [1.54, 1.807) is 18.4 Å². The van der Waals surface area contributed by atoms with Crippen molar-refractivity contribution < 1.29 is 4.74 Å². The van der Waals surface area contributed by atoms with Gasteiger partial charge >= 0.3 is 0 Å². The second-order valence-electron chi connectivity index (χ2n) is 4.06. The smallest absolute Gasteiger partial charge is 0.110 e. The highest BCUT2D eigenvalue weighted by molar-refractivity contribution is 7.09. The van der Waals surface area contributed by atoms with E-state index in [2.05, 4.69) is 23.9 Å². The van der Waals surface area contributed by atoms with Crippen molar-refractivity contribution in [2.45, 2.75) is 31.7 Å². The normalized spacial score (nSPS) is 13.2. The van der Waals surface area contributed by atoms with Crippen molar-refractivity contribution in [3.63, 3.8) is 0 Å².